The van der Waals surface area contributed by atoms with Crippen LogP contribution in [0.2, 0.25) is 0 Å². The number of allylic oxidation sites excluding steroid dienone is 6. The Morgan fingerprint density at radius 1 is 0.500 bits per heavy atom. The van der Waals surface area contributed by atoms with Crippen molar-refractivity contribution in [1.82, 2.24) is 0 Å². The summed E-state index contributed by atoms with van der Waals surface area (Å²) in [5.41, 5.74) is 0. The molecule has 0 atom stereocenters. The van der Waals surface area contributed by atoms with Gasteiger partial charge in [-0.15, -0.1) is 0 Å². The molecule has 5 nitrogen and oxygen atoms in total. The maximum Gasteiger partial charge on any atom is 0.530 e. The normalized spacial score (nSPS) is 10.3. The number of para-hydroxylation sites is 3. The summed E-state index contributed by atoms with van der Waals surface area (Å²) in [7, 11) is -1.59. The molecule has 0 saturated carbocycles. The minimum absolute atomic E-state index is 0. The number of hydrogen-bond acceptors (Lipinski definition) is 3. The maximum absolute atomic E-state index is 7.50. The van der Waals surface area contributed by atoms with Gasteiger partial charge < -0.3 is 13.6 Å². The van der Waals surface area contributed by atoms with Crippen LogP contribution in [0.1, 0.15) is 6.42 Å². The third-order valence-electron chi connectivity index (χ3n) is 3.65. The van der Waals surface area contributed by atoms with Crippen molar-refractivity contribution in [2.45, 2.75) is 6.42 Å². The summed E-state index contributed by atoms with van der Waals surface area (Å²) in [4.78, 5) is 0. The molecule has 0 amide bonds. The molecule has 0 saturated heterocycles. The Kier molecular flexibility index (Phi) is 19.5. The van der Waals surface area contributed by atoms with Crippen LogP contribution in [-0.4, -0.2) is 0 Å². The second-order valence-corrected chi connectivity index (χ2v) is 6.91. The predicted molar refractivity (Wildman–Crippen MR) is 128 cm³/mol. The van der Waals surface area contributed by atoms with Gasteiger partial charge in [0.05, 0.1) is 0 Å². The molecule has 34 heavy (non-hydrogen) atoms. The van der Waals surface area contributed by atoms with Crippen LogP contribution in [0.25, 0.3) is 0 Å². The molecule has 174 valence electrons. The molecule has 7 heteroatoms. The van der Waals surface area contributed by atoms with Crippen LogP contribution in [0.15, 0.2) is 127 Å². The van der Waals surface area contributed by atoms with Gasteiger partial charge in [0.1, 0.15) is 17.2 Å². The smallest absolute Gasteiger partial charge is 0.409 e. The average molecular weight is 514 g/mol. The minimum Gasteiger partial charge on any atom is -0.409 e. The monoisotopic (exact) mass is 514 g/mol. The summed E-state index contributed by atoms with van der Waals surface area (Å²) < 4.78 is 32.5. The second-order valence-electron chi connectivity index (χ2n) is 5.91. The molecule has 3 aromatic carbocycles. The summed E-state index contributed by atoms with van der Waals surface area (Å²) in [5.74, 6) is 2.13. The quantitative estimate of drug-likeness (QED) is 0.149. The van der Waals surface area contributed by atoms with Crippen molar-refractivity contribution >= 4 is 8.60 Å². The number of hydrogen-bond donors (Lipinski definition) is 0. The molecule has 1 aliphatic carbocycles. The van der Waals surface area contributed by atoms with Crippen molar-refractivity contribution in [3.8, 4) is 17.2 Å². The second kappa shape index (κ2) is 21.5. The van der Waals surface area contributed by atoms with Crippen molar-refractivity contribution in [3.05, 3.63) is 141 Å². The Balaban J connectivity index is 0.000000766. The van der Waals surface area contributed by atoms with Crippen molar-refractivity contribution in [2.75, 3.05) is 0 Å². The van der Waals surface area contributed by atoms with Gasteiger partial charge in [-0.2, -0.15) is 0 Å². The van der Waals surface area contributed by atoms with Gasteiger partial charge in [0.25, 0.3) is 0 Å². The summed E-state index contributed by atoms with van der Waals surface area (Å²) in [6.45, 7) is 9.00. The molecule has 0 aromatic heterocycles. The minimum atomic E-state index is -1.59. The van der Waals surface area contributed by atoms with Gasteiger partial charge in [-0.05, 0) is 42.8 Å². The van der Waals surface area contributed by atoms with Crippen LogP contribution < -0.4 is 13.6 Å². The average Bonchev–Trinajstić information content (AvgIpc) is 3.22. The van der Waals surface area contributed by atoms with Gasteiger partial charge in [-0.1, -0.05) is 91.1 Å². The van der Waals surface area contributed by atoms with Crippen molar-refractivity contribution in [3.63, 3.8) is 0 Å². The Bertz CT molecular complexity index is 885. The van der Waals surface area contributed by atoms with Gasteiger partial charge >= 0.3 is 31.2 Å². The van der Waals surface area contributed by atoms with Crippen LogP contribution >= 0.6 is 8.60 Å². The van der Waals surface area contributed by atoms with Gasteiger partial charge in [-0.3, -0.25) is 0 Å². The molecule has 3 aromatic rings. The van der Waals surface area contributed by atoms with Crippen LogP contribution in [-0.2, 0) is 26.4 Å². The van der Waals surface area contributed by atoms with Gasteiger partial charge in [0.15, 0.2) is 0 Å². The Morgan fingerprint density at radius 3 is 1.09 bits per heavy atom. The molecule has 0 fully saturated rings. The molecule has 0 aliphatic heterocycles. The largest absolute Gasteiger partial charge is 0.530 e. The molecule has 4 rings (SSSR count). The fourth-order valence-corrected chi connectivity index (χ4v) is 3.27. The van der Waals surface area contributed by atoms with E-state index in [1.165, 1.54) is 0 Å². The maximum atomic E-state index is 7.50. The molecule has 0 radical (unpaired) electrons. The van der Waals surface area contributed by atoms with Crippen molar-refractivity contribution in [1.29, 1.82) is 0 Å². The predicted octanol–water partition coefficient (Wildman–Crippen LogP) is 7.43. The van der Waals surface area contributed by atoms with Crippen LogP contribution in [0.4, 0.5) is 0 Å². The van der Waals surface area contributed by atoms with E-state index >= 15 is 0 Å². The van der Waals surface area contributed by atoms with Crippen molar-refractivity contribution < 1.29 is 39.9 Å². The molecule has 0 bridgehead atoms. The van der Waals surface area contributed by atoms with E-state index < -0.39 is 8.60 Å². The molecule has 0 unspecified atom stereocenters. The van der Waals surface area contributed by atoms with E-state index in [1.54, 1.807) is 0 Å². The zero-order valence-corrected chi connectivity index (χ0v) is 20.2. The first-order chi connectivity index (χ1) is 16.4. The van der Waals surface area contributed by atoms with E-state index in [-0.39, 0.29) is 17.1 Å². The third kappa shape index (κ3) is 14.0. The first-order valence-electron chi connectivity index (χ1n) is 9.78. The molecule has 1 aliphatic rings. The van der Waals surface area contributed by atoms with Crippen molar-refractivity contribution in [2.24, 2.45) is 0 Å². The Morgan fingerprint density at radius 2 is 0.794 bits per heavy atom. The van der Waals surface area contributed by atoms with E-state index in [2.05, 4.69) is 37.6 Å². The molecular weight excluding hydrogens is 491 g/mol. The Labute approximate surface area is 212 Å². The number of rotatable bonds is 6. The fraction of sp³-hybridized carbons (Fsp3) is 0.0370. The topological polar surface area (TPSA) is 67.5 Å². The van der Waals surface area contributed by atoms with Gasteiger partial charge in [0.2, 0.25) is 0 Å². The molecule has 0 spiro atoms. The first-order valence-corrected chi connectivity index (χ1v) is 10.9. The molecule has 0 N–H and O–H groups in total. The zero-order chi connectivity index (χ0) is 24.0. The summed E-state index contributed by atoms with van der Waals surface area (Å²) in [6.07, 6.45) is 13.5. The number of benzene rings is 3. The standard InChI is InChI=1S/C18H15O3P.C7H8.2CO.Fe/c1-4-10-16(11-5-1)19-22(20-17-12-6-2-7-13-17)21-18-14-8-3-9-15-18;1-2-4-6-7-5-3-1;2*1-2;/h1-15H;1-6H,7H2;;;. The van der Waals surface area contributed by atoms with E-state index in [9.17, 15) is 0 Å². The summed E-state index contributed by atoms with van der Waals surface area (Å²) in [5, 5.41) is 0. The summed E-state index contributed by atoms with van der Waals surface area (Å²) >= 11 is 0. The van der Waals surface area contributed by atoms with E-state index in [4.69, 9.17) is 22.9 Å². The zero-order valence-electron chi connectivity index (χ0n) is 18.2. The fourth-order valence-electron chi connectivity index (χ4n) is 2.28. The van der Waals surface area contributed by atoms with Gasteiger partial charge in [-0.25, -0.2) is 0 Å². The van der Waals surface area contributed by atoms with Crippen LogP contribution in [0.3, 0.4) is 0 Å². The Hall–Kier alpha value is -3.29. The van der Waals surface area contributed by atoms with E-state index in [0.717, 1.165) is 6.42 Å². The molecular formula is C27H23FeO5P. The molecule has 0 heterocycles. The van der Waals surface area contributed by atoms with Crippen LogP contribution in [0, 0.1) is 13.3 Å². The van der Waals surface area contributed by atoms with E-state index in [1.807, 2.05) is 103 Å². The van der Waals surface area contributed by atoms with Gasteiger partial charge in [0, 0.05) is 17.1 Å². The third-order valence-corrected chi connectivity index (χ3v) is 4.73. The van der Waals surface area contributed by atoms with Crippen LogP contribution in [0.5, 0.6) is 17.2 Å². The SMILES string of the molecule is C1=CC=CCC=C1.[C-]#[O+].[C-]#[O+].[Fe].c1ccc(OP(Oc2ccccc2)Oc2ccccc2)cc1. The van der Waals surface area contributed by atoms with E-state index in [0.29, 0.717) is 17.2 Å². The first kappa shape index (κ1) is 30.7. The summed E-state index contributed by atoms with van der Waals surface area (Å²) in [6, 6.07) is 28.5.